The highest BCUT2D eigenvalue weighted by Crippen LogP contribution is 2.39. The van der Waals surface area contributed by atoms with Crippen molar-refractivity contribution in [3.8, 4) is 5.75 Å². The zero-order valence-electron chi connectivity index (χ0n) is 11.6. The molecule has 5 heteroatoms. The van der Waals surface area contributed by atoms with E-state index in [1.807, 2.05) is 26.0 Å². The largest absolute Gasteiger partial charge is 0.496 e. The van der Waals surface area contributed by atoms with Gasteiger partial charge in [-0.15, -0.1) is 0 Å². The van der Waals surface area contributed by atoms with Crippen LogP contribution in [0.4, 0.5) is 0 Å². The summed E-state index contributed by atoms with van der Waals surface area (Å²) in [7, 11) is 3.19. The van der Waals surface area contributed by atoms with Crippen molar-refractivity contribution < 1.29 is 19.4 Å². The van der Waals surface area contributed by atoms with Crippen LogP contribution in [0.25, 0.3) is 0 Å². The Morgan fingerprint density at radius 1 is 1.37 bits per heavy atom. The fourth-order valence-electron chi connectivity index (χ4n) is 2.30. The molecule has 1 N–H and O–H groups in total. The van der Waals surface area contributed by atoms with Crippen LogP contribution in [0.15, 0.2) is 16.6 Å². The van der Waals surface area contributed by atoms with E-state index in [9.17, 15) is 4.79 Å². The number of halogens is 1. The Morgan fingerprint density at radius 3 is 2.47 bits per heavy atom. The van der Waals surface area contributed by atoms with Crippen LogP contribution >= 0.6 is 15.9 Å². The molecule has 1 aromatic rings. The Bertz CT molecular complexity index is 469. The first-order valence-electron chi connectivity index (χ1n) is 5.89. The van der Waals surface area contributed by atoms with E-state index < -0.39 is 11.4 Å². The lowest BCUT2D eigenvalue weighted by Gasteiger charge is -2.28. The van der Waals surface area contributed by atoms with Crippen LogP contribution in [0.2, 0.25) is 0 Å². The summed E-state index contributed by atoms with van der Waals surface area (Å²) in [4.78, 5) is 11.0. The van der Waals surface area contributed by atoms with Gasteiger partial charge in [0.25, 0.3) is 0 Å². The standard InChI is InChI=1S/C14H19BrO4/c1-14(2,7-12(16)17)13-9(8-18-3)5-10(15)6-11(13)19-4/h5-6H,7-8H2,1-4H3,(H,16,17). The Labute approximate surface area is 121 Å². The van der Waals surface area contributed by atoms with E-state index in [4.69, 9.17) is 14.6 Å². The molecule has 0 aromatic heterocycles. The van der Waals surface area contributed by atoms with Crippen molar-refractivity contribution in [1.82, 2.24) is 0 Å². The molecule has 0 radical (unpaired) electrons. The lowest BCUT2D eigenvalue weighted by atomic mass is 9.78. The first kappa shape index (κ1) is 16.0. The van der Waals surface area contributed by atoms with Crippen molar-refractivity contribution in [1.29, 1.82) is 0 Å². The van der Waals surface area contributed by atoms with Crippen LogP contribution in [0.5, 0.6) is 5.75 Å². The lowest BCUT2D eigenvalue weighted by Crippen LogP contribution is -2.24. The Hall–Kier alpha value is -1.07. The lowest BCUT2D eigenvalue weighted by molar-refractivity contribution is -0.138. The highest BCUT2D eigenvalue weighted by molar-refractivity contribution is 9.10. The van der Waals surface area contributed by atoms with Crippen LogP contribution < -0.4 is 4.74 Å². The van der Waals surface area contributed by atoms with Crippen LogP contribution in [0.3, 0.4) is 0 Å². The number of aliphatic carboxylic acids is 1. The molecule has 0 saturated carbocycles. The summed E-state index contributed by atoms with van der Waals surface area (Å²) in [6, 6.07) is 3.78. The van der Waals surface area contributed by atoms with E-state index in [1.54, 1.807) is 14.2 Å². The molecule has 0 unspecified atom stereocenters. The molecule has 1 rings (SSSR count). The number of hydrogen-bond donors (Lipinski definition) is 1. The fourth-order valence-corrected chi connectivity index (χ4v) is 2.79. The minimum atomic E-state index is -0.835. The van der Waals surface area contributed by atoms with Crippen LogP contribution in [0.1, 0.15) is 31.4 Å². The maximum atomic E-state index is 11.0. The van der Waals surface area contributed by atoms with Crippen molar-refractivity contribution in [2.45, 2.75) is 32.3 Å². The van der Waals surface area contributed by atoms with Gasteiger partial charge in [-0.3, -0.25) is 4.79 Å². The summed E-state index contributed by atoms with van der Waals surface area (Å²) in [5, 5.41) is 9.07. The van der Waals surface area contributed by atoms with Gasteiger partial charge in [0.05, 0.1) is 20.1 Å². The maximum absolute atomic E-state index is 11.0. The first-order valence-corrected chi connectivity index (χ1v) is 6.68. The molecule has 19 heavy (non-hydrogen) atoms. The second kappa shape index (κ2) is 6.39. The van der Waals surface area contributed by atoms with Gasteiger partial charge < -0.3 is 14.6 Å². The summed E-state index contributed by atoms with van der Waals surface area (Å²) >= 11 is 3.42. The predicted octanol–water partition coefficient (Wildman–Crippen LogP) is 3.36. The monoisotopic (exact) mass is 330 g/mol. The summed E-state index contributed by atoms with van der Waals surface area (Å²) in [5.74, 6) is -0.161. The zero-order chi connectivity index (χ0) is 14.6. The van der Waals surface area contributed by atoms with Gasteiger partial charge in [0.1, 0.15) is 5.75 Å². The van der Waals surface area contributed by atoms with E-state index in [0.29, 0.717) is 12.4 Å². The molecule has 0 spiro atoms. The number of carbonyl (C=O) groups is 1. The van der Waals surface area contributed by atoms with Crippen molar-refractivity contribution in [2.75, 3.05) is 14.2 Å². The maximum Gasteiger partial charge on any atom is 0.304 e. The molecule has 4 nitrogen and oxygen atoms in total. The number of carboxylic acids is 1. The van der Waals surface area contributed by atoms with E-state index in [-0.39, 0.29) is 6.42 Å². The third kappa shape index (κ3) is 3.94. The number of carboxylic acid groups (broad SMARTS) is 1. The van der Waals surface area contributed by atoms with Gasteiger partial charge in [-0.1, -0.05) is 29.8 Å². The molecular formula is C14H19BrO4. The number of ether oxygens (including phenoxy) is 2. The average molecular weight is 331 g/mol. The molecular weight excluding hydrogens is 312 g/mol. The summed E-state index contributed by atoms with van der Waals surface area (Å²) in [5.41, 5.74) is 1.27. The molecule has 0 aliphatic heterocycles. The van der Waals surface area contributed by atoms with E-state index in [1.165, 1.54) is 0 Å². The van der Waals surface area contributed by atoms with Crippen LogP contribution in [-0.4, -0.2) is 25.3 Å². The SMILES string of the molecule is COCc1cc(Br)cc(OC)c1C(C)(C)CC(=O)O. The fraction of sp³-hybridized carbons (Fsp3) is 0.500. The molecule has 0 aliphatic rings. The molecule has 0 saturated heterocycles. The number of rotatable bonds is 6. The highest BCUT2D eigenvalue weighted by Gasteiger charge is 2.30. The molecule has 106 valence electrons. The summed E-state index contributed by atoms with van der Waals surface area (Å²) in [6.07, 6.45) is 0.0295. The Balaban J connectivity index is 3.40. The zero-order valence-corrected chi connectivity index (χ0v) is 13.2. The predicted molar refractivity (Wildman–Crippen MR) is 76.7 cm³/mol. The van der Waals surface area contributed by atoms with Gasteiger partial charge in [-0.05, 0) is 17.7 Å². The van der Waals surface area contributed by atoms with Gasteiger partial charge in [0, 0.05) is 22.6 Å². The van der Waals surface area contributed by atoms with Gasteiger partial charge in [-0.25, -0.2) is 0 Å². The molecule has 0 bridgehead atoms. The van der Waals surface area contributed by atoms with Crippen LogP contribution in [-0.2, 0) is 21.6 Å². The molecule has 0 atom stereocenters. The second-order valence-corrected chi connectivity index (χ2v) is 5.95. The second-order valence-electron chi connectivity index (χ2n) is 5.03. The van der Waals surface area contributed by atoms with Crippen LogP contribution in [0, 0.1) is 0 Å². The van der Waals surface area contributed by atoms with Gasteiger partial charge in [-0.2, -0.15) is 0 Å². The van der Waals surface area contributed by atoms with Crippen molar-refractivity contribution in [2.24, 2.45) is 0 Å². The molecule has 0 amide bonds. The molecule has 1 aromatic carbocycles. The van der Waals surface area contributed by atoms with Crippen molar-refractivity contribution in [3.05, 3.63) is 27.7 Å². The minimum absolute atomic E-state index is 0.0295. The number of methoxy groups -OCH3 is 2. The molecule has 0 fully saturated rings. The van der Waals surface area contributed by atoms with E-state index in [2.05, 4.69) is 15.9 Å². The Morgan fingerprint density at radius 2 is 2.00 bits per heavy atom. The normalized spacial score (nSPS) is 11.4. The Kier molecular flexibility index (Phi) is 5.38. The highest BCUT2D eigenvalue weighted by atomic mass is 79.9. The molecule has 0 aliphatic carbocycles. The average Bonchev–Trinajstić information content (AvgIpc) is 2.26. The van der Waals surface area contributed by atoms with Gasteiger partial charge in [0.15, 0.2) is 0 Å². The van der Waals surface area contributed by atoms with E-state index >= 15 is 0 Å². The van der Waals surface area contributed by atoms with Gasteiger partial charge in [0.2, 0.25) is 0 Å². The first-order chi connectivity index (χ1) is 8.81. The van der Waals surface area contributed by atoms with Crippen molar-refractivity contribution >= 4 is 21.9 Å². The quantitative estimate of drug-likeness (QED) is 0.868. The molecule has 0 heterocycles. The van der Waals surface area contributed by atoms with Crippen molar-refractivity contribution in [3.63, 3.8) is 0 Å². The minimum Gasteiger partial charge on any atom is -0.496 e. The van der Waals surface area contributed by atoms with E-state index in [0.717, 1.165) is 15.6 Å². The van der Waals surface area contributed by atoms with Gasteiger partial charge >= 0.3 is 5.97 Å². The third-order valence-corrected chi connectivity index (χ3v) is 3.40. The summed E-state index contributed by atoms with van der Waals surface area (Å²) < 4.78 is 11.5. The number of hydrogen-bond acceptors (Lipinski definition) is 3. The summed E-state index contributed by atoms with van der Waals surface area (Å²) in [6.45, 7) is 4.20. The number of benzene rings is 1. The smallest absolute Gasteiger partial charge is 0.304 e. The topological polar surface area (TPSA) is 55.8 Å². The third-order valence-electron chi connectivity index (χ3n) is 2.94.